The molecule has 0 aliphatic rings. The van der Waals surface area contributed by atoms with Gasteiger partial charge in [0.25, 0.3) is 0 Å². The average Bonchev–Trinajstić information content (AvgIpc) is 2.39. The van der Waals surface area contributed by atoms with Crippen LogP contribution in [0, 0.1) is 6.92 Å². The smallest absolute Gasteiger partial charge is 0.0408 e. The number of rotatable bonds is 3. The van der Waals surface area contributed by atoms with Gasteiger partial charge in [0.05, 0.1) is 0 Å². The van der Waals surface area contributed by atoms with E-state index in [2.05, 4.69) is 74.3 Å². The number of benzene rings is 2. The highest BCUT2D eigenvalue weighted by Crippen LogP contribution is 2.23. The average molecular weight is 225 g/mol. The summed E-state index contributed by atoms with van der Waals surface area (Å²) < 4.78 is 0. The van der Waals surface area contributed by atoms with Crippen molar-refractivity contribution in [2.45, 2.75) is 20.3 Å². The molecule has 0 saturated heterocycles. The second-order valence-electron chi connectivity index (χ2n) is 4.41. The third-order valence-electron chi connectivity index (χ3n) is 3.15. The van der Waals surface area contributed by atoms with Gasteiger partial charge < -0.3 is 4.90 Å². The highest BCUT2D eigenvalue weighted by molar-refractivity contribution is 5.62. The summed E-state index contributed by atoms with van der Waals surface area (Å²) in [6, 6.07) is 17.3. The third-order valence-corrected chi connectivity index (χ3v) is 3.15. The maximum Gasteiger partial charge on any atom is 0.0408 e. The quantitative estimate of drug-likeness (QED) is 0.751. The minimum Gasteiger partial charge on any atom is -0.345 e. The summed E-state index contributed by atoms with van der Waals surface area (Å²) in [5, 5.41) is 0. The Morgan fingerprint density at radius 1 is 0.824 bits per heavy atom. The van der Waals surface area contributed by atoms with E-state index >= 15 is 0 Å². The molecule has 0 radical (unpaired) electrons. The molecule has 1 heteroatoms. The summed E-state index contributed by atoms with van der Waals surface area (Å²) in [6.07, 6.45) is 1.09. The van der Waals surface area contributed by atoms with Crippen molar-refractivity contribution >= 4 is 11.4 Å². The van der Waals surface area contributed by atoms with Crippen LogP contribution in [0.15, 0.2) is 48.5 Å². The van der Waals surface area contributed by atoms with Crippen LogP contribution in [0.5, 0.6) is 0 Å². The maximum absolute atomic E-state index is 2.21. The van der Waals surface area contributed by atoms with Gasteiger partial charge in [-0.15, -0.1) is 0 Å². The molecule has 17 heavy (non-hydrogen) atoms. The summed E-state index contributed by atoms with van der Waals surface area (Å²) >= 11 is 0. The van der Waals surface area contributed by atoms with Gasteiger partial charge in [-0.1, -0.05) is 36.8 Å². The van der Waals surface area contributed by atoms with Crippen molar-refractivity contribution in [3.05, 3.63) is 59.7 Å². The van der Waals surface area contributed by atoms with Gasteiger partial charge in [-0.05, 0) is 43.2 Å². The molecule has 2 rings (SSSR count). The topological polar surface area (TPSA) is 3.24 Å². The molecule has 0 unspecified atom stereocenters. The number of aryl methyl sites for hydroxylation is 2. The Morgan fingerprint density at radius 2 is 1.29 bits per heavy atom. The van der Waals surface area contributed by atoms with E-state index in [4.69, 9.17) is 0 Å². The Morgan fingerprint density at radius 3 is 1.76 bits per heavy atom. The largest absolute Gasteiger partial charge is 0.345 e. The lowest BCUT2D eigenvalue weighted by Crippen LogP contribution is -2.09. The molecule has 0 aliphatic heterocycles. The zero-order valence-corrected chi connectivity index (χ0v) is 10.8. The van der Waals surface area contributed by atoms with E-state index in [1.807, 2.05) is 0 Å². The van der Waals surface area contributed by atoms with Gasteiger partial charge in [0, 0.05) is 18.4 Å². The van der Waals surface area contributed by atoms with Crippen molar-refractivity contribution in [1.29, 1.82) is 0 Å². The van der Waals surface area contributed by atoms with E-state index in [9.17, 15) is 0 Å². The normalized spacial score (nSPS) is 10.3. The number of nitrogens with zero attached hydrogens (tertiary/aromatic N) is 1. The Labute approximate surface area is 104 Å². The highest BCUT2D eigenvalue weighted by Gasteiger charge is 2.02. The van der Waals surface area contributed by atoms with Crippen LogP contribution in [0.1, 0.15) is 18.1 Å². The SMILES string of the molecule is CCc1ccc(N(C)c2ccc(C)cc2)cc1. The van der Waals surface area contributed by atoms with E-state index in [1.165, 1.54) is 22.5 Å². The van der Waals surface area contributed by atoms with Crippen molar-refractivity contribution in [1.82, 2.24) is 0 Å². The predicted octanol–water partition coefficient (Wildman–Crippen LogP) is 4.33. The molecule has 2 aromatic carbocycles. The molecule has 0 saturated carbocycles. The lowest BCUT2D eigenvalue weighted by Gasteiger charge is -2.20. The number of hydrogen-bond acceptors (Lipinski definition) is 1. The van der Waals surface area contributed by atoms with Crippen LogP contribution in [0.2, 0.25) is 0 Å². The molecule has 88 valence electrons. The first-order valence-corrected chi connectivity index (χ1v) is 6.10. The highest BCUT2D eigenvalue weighted by atomic mass is 15.1. The minimum absolute atomic E-state index is 1.09. The monoisotopic (exact) mass is 225 g/mol. The van der Waals surface area contributed by atoms with E-state index in [0.717, 1.165) is 6.42 Å². The predicted molar refractivity (Wildman–Crippen MR) is 75.1 cm³/mol. The fraction of sp³-hybridized carbons (Fsp3) is 0.250. The van der Waals surface area contributed by atoms with Gasteiger partial charge in [-0.2, -0.15) is 0 Å². The first-order valence-electron chi connectivity index (χ1n) is 6.10. The molecule has 0 aromatic heterocycles. The summed E-state index contributed by atoms with van der Waals surface area (Å²) in [6.45, 7) is 4.29. The third kappa shape index (κ3) is 2.68. The summed E-state index contributed by atoms with van der Waals surface area (Å²) in [4.78, 5) is 2.21. The molecular weight excluding hydrogens is 206 g/mol. The van der Waals surface area contributed by atoms with Crippen LogP contribution in [0.3, 0.4) is 0 Å². The summed E-state index contributed by atoms with van der Waals surface area (Å²) in [5.41, 5.74) is 5.13. The van der Waals surface area contributed by atoms with Gasteiger partial charge in [0.1, 0.15) is 0 Å². The van der Waals surface area contributed by atoms with E-state index < -0.39 is 0 Å². The number of hydrogen-bond donors (Lipinski definition) is 0. The molecule has 0 atom stereocenters. The summed E-state index contributed by atoms with van der Waals surface area (Å²) in [7, 11) is 2.10. The van der Waals surface area contributed by atoms with Crippen LogP contribution in [0.4, 0.5) is 11.4 Å². The Bertz CT molecular complexity index is 468. The van der Waals surface area contributed by atoms with Gasteiger partial charge in [0.15, 0.2) is 0 Å². The van der Waals surface area contributed by atoms with Crippen molar-refractivity contribution in [3.8, 4) is 0 Å². The molecule has 1 nitrogen and oxygen atoms in total. The first kappa shape index (κ1) is 11.7. The Kier molecular flexibility index (Phi) is 3.48. The Hall–Kier alpha value is -1.76. The van der Waals surface area contributed by atoms with Crippen molar-refractivity contribution in [2.75, 3.05) is 11.9 Å². The molecule has 0 aliphatic carbocycles. The zero-order chi connectivity index (χ0) is 12.3. The fourth-order valence-electron chi connectivity index (χ4n) is 1.87. The summed E-state index contributed by atoms with van der Waals surface area (Å²) in [5.74, 6) is 0. The molecule has 0 fully saturated rings. The van der Waals surface area contributed by atoms with Crippen LogP contribution in [-0.4, -0.2) is 7.05 Å². The van der Waals surface area contributed by atoms with Gasteiger partial charge in [-0.25, -0.2) is 0 Å². The van der Waals surface area contributed by atoms with Crippen LogP contribution >= 0.6 is 0 Å². The van der Waals surface area contributed by atoms with Crippen LogP contribution in [-0.2, 0) is 6.42 Å². The molecule has 0 bridgehead atoms. The molecule has 2 aromatic rings. The van der Waals surface area contributed by atoms with E-state index in [1.54, 1.807) is 0 Å². The molecule has 0 amide bonds. The zero-order valence-electron chi connectivity index (χ0n) is 10.8. The maximum atomic E-state index is 2.21. The van der Waals surface area contributed by atoms with Crippen molar-refractivity contribution in [2.24, 2.45) is 0 Å². The van der Waals surface area contributed by atoms with E-state index in [-0.39, 0.29) is 0 Å². The Balaban J connectivity index is 2.23. The lowest BCUT2D eigenvalue weighted by atomic mass is 10.1. The van der Waals surface area contributed by atoms with Crippen LogP contribution in [0.25, 0.3) is 0 Å². The standard InChI is InChI=1S/C16H19N/c1-4-14-7-11-16(12-8-14)17(3)15-9-5-13(2)6-10-15/h5-12H,4H2,1-3H3. The molecule has 0 N–H and O–H groups in total. The second kappa shape index (κ2) is 5.05. The fourth-order valence-corrected chi connectivity index (χ4v) is 1.87. The first-order chi connectivity index (χ1) is 8.20. The van der Waals surface area contributed by atoms with Crippen molar-refractivity contribution in [3.63, 3.8) is 0 Å². The van der Waals surface area contributed by atoms with E-state index in [0.29, 0.717) is 0 Å². The van der Waals surface area contributed by atoms with Gasteiger partial charge in [0.2, 0.25) is 0 Å². The lowest BCUT2D eigenvalue weighted by molar-refractivity contribution is 1.13. The van der Waals surface area contributed by atoms with Crippen molar-refractivity contribution < 1.29 is 0 Å². The molecule has 0 heterocycles. The molecule has 0 spiro atoms. The second-order valence-corrected chi connectivity index (χ2v) is 4.41. The van der Waals surface area contributed by atoms with Crippen LogP contribution < -0.4 is 4.90 Å². The number of anilines is 2. The molecular formula is C16H19N. The minimum atomic E-state index is 1.09. The van der Waals surface area contributed by atoms with Gasteiger partial charge >= 0.3 is 0 Å². The van der Waals surface area contributed by atoms with Gasteiger partial charge in [-0.3, -0.25) is 0 Å².